The summed E-state index contributed by atoms with van der Waals surface area (Å²) >= 11 is 0. The molecule has 0 aromatic carbocycles. The molecule has 1 N–H and O–H groups in total. The quantitative estimate of drug-likeness (QED) is 0.802. The average molecular weight is 323 g/mol. The largest absolute Gasteiger partial charge is 0.354 e. The summed E-state index contributed by atoms with van der Waals surface area (Å²) in [7, 11) is 0. The molecule has 0 saturated carbocycles. The van der Waals surface area contributed by atoms with Crippen molar-refractivity contribution in [1.82, 2.24) is 19.4 Å². The molecule has 0 spiro atoms. The third kappa shape index (κ3) is 2.54. The number of aromatic nitrogens is 4. The first-order valence-corrected chi connectivity index (χ1v) is 8.19. The Morgan fingerprint density at radius 2 is 2.25 bits per heavy atom. The fraction of sp³-hybridized carbons (Fsp3) is 0.278. The maximum atomic E-state index is 14.3. The van der Waals surface area contributed by atoms with Crippen LogP contribution in [0.2, 0.25) is 0 Å². The van der Waals surface area contributed by atoms with Crippen LogP contribution in [0.15, 0.2) is 36.9 Å². The van der Waals surface area contributed by atoms with Crippen LogP contribution in [0.25, 0.3) is 11.2 Å². The van der Waals surface area contributed by atoms with E-state index < -0.39 is 0 Å². The van der Waals surface area contributed by atoms with Crippen LogP contribution in [0, 0.1) is 5.82 Å². The molecule has 4 rings (SSSR count). The highest BCUT2D eigenvalue weighted by molar-refractivity contribution is 5.81. The van der Waals surface area contributed by atoms with E-state index in [2.05, 4.69) is 26.3 Å². The van der Waals surface area contributed by atoms with Gasteiger partial charge in [-0.1, -0.05) is 6.08 Å². The molecule has 3 heterocycles. The number of rotatable bonds is 3. The summed E-state index contributed by atoms with van der Waals surface area (Å²) in [4.78, 5) is 13.1. The number of allylic oxidation sites excluding steroid dienone is 1. The van der Waals surface area contributed by atoms with Crippen LogP contribution < -0.4 is 5.32 Å². The summed E-state index contributed by atoms with van der Waals surface area (Å²) in [6.07, 6.45) is 12.1. The number of halogens is 1. The zero-order valence-electron chi connectivity index (χ0n) is 13.5. The predicted molar refractivity (Wildman–Crippen MR) is 91.4 cm³/mol. The van der Waals surface area contributed by atoms with E-state index in [0.717, 1.165) is 48.2 Å². The van der Waals surface area contributed by atoms with Gasteiger partial charge in [-0.15, -0.1) is 0 Å². The molecule has 3 aromatic rings. The lowest BCUT2D eigenvalue weighted by Crippen LogP contribution is -2.06. The average Bonchev–Trinajstić information content (AvgIpc) is 2.95. The van der Waals surface area contributed by atoms with Crippen molar-refractivity contribution in [3.8, 4) is 0 Å². The van der Waals surface area contributed by atoms with Gasteiger partial charge in [0.05, 0.1) is 5.69 Å². The molecule has 6 heteroatoms. The Labute approximate surface area is 139 Å². The molecule has 0 bridgehead atoms. The lowest BCUT2D eigenvalue weighted by molar-refractivity contribution is 0.629. The molecule has 0 saturated heterocycles. The molecular formula is C18H18FN5. The van der Waals surface area contributed by atoms with Crippen molar-refractivity contribution in [3.05, 3.63) is 59.6 Å². The second-order valence-electron chi connectivity index (χ2n) is 5.83. The lowest BCUT2D eigenvalue weighted by Gasteiger charge is -2.12. The van der Waals surface area contributed by atoms with E-state index in [0.29, 0.717) is 11.6 Å². The molecule has 0 unspecified atom stereocenters. The Morgan fingerprint density at radius 3 is 3.12 bits per heavy atom. The molecule has 3 aromatic heterocycles. The van der Waals surface area contributed by atoms with Crippen molar-refractivity contribution < 1.29 is 4.39 Å². The highest BCUT2D eigenvalue weighted by atomic mass is 19.1. The van der Waals surface area contributed by atoms with Crippen LogP contribution in [0.4, 0.5) is 10.3 Å². The summed E-state index contributed by atoms with van der Waals surface area (Å²) in [6.45, 7) is 2.80. The number of hydrogen-bond donors (Lipinski definition) is 1. The minimum atomic E-state index is -0.325. The molecule has 0 radical (unpaired) electrons. The summed E-state index contributed by atoms with van der Waals surface area (Å²) in [5.74, 6) is 0.322. The molecule has 0 atom stereocenters. The zero-order chi connectivity index (χ0) is 16.5. The van der Waals surface area contributed by atoms with Gasteiger partial charge in [-0.25, -0.2) is 19.3 Å². The normalized spacial score (nSPS) is 14.2. The summed E-state index contributed by atoms with van der Waals surface area (Å²) in [5.41, 5.74) is 4.14. The second kappa shape index (κ2) is 6.03. The maximum absolute atomic E-state index is 14.3. The van der Waals surface area contributed by atoms with Crippen molar-refractivity contribution in [2.45, 2.75) is 26.2 Å². The zero-order valence-corrected chi connectivity index (χ0v) is 13.5. The van der Waals surface area contributed by atoms with Gasteiger partial charge in [0.25, 0.3) is 0 Å². The van der Waals surface area contributed by atoms with Crippen LogP contribution in [0.3, 0.4) is 0 Å². The Balaban J connectivity index is 1.84. The molecule has 0 fully saturated rings. The van der Waals surface area contributed by atoms with Crippen LogP contribution >= 0.6 is 0 Å². The lowest BCUT2D eigenvalue weighted by atomic mass is 9.99. The third-order valence-corrected chi connectivity index (χ3v) is 4.21. The molecular weight excluding hydrogens is 305 g/mol. The molecule has 24 heavy (non-hydrogen) atoms. The fourth-order valence-electron chi connectivity index (χ4n) is 3.11. The minimum absolute atomic E-state index is 0.325. The number of imidazole rings is 1. The van der Waals surface area contributed by atoms with Gasteiger partial charge in [0.1, 0.15) is 0 Å². The minimum Gasteiger partial charge on any atom is -0.354 e. The first-order chi connectivity index (χ1) is 11.8. The van der Waals surface area contributed by atoms with Crippen LogP contribution in [0.1, 0.15) is 36.6 Å². The van der Waals surface area contributed by atoms with Crippen molar-refractivity contribution >= 4 is 17.2 Å². The molecule has 5 nitrogen and oxygen atoms in total. The van der Waals surface area contributed by atoms with Crippen LogP contribution in [-0.4, -0.2) is 25.9 Å². The molecule has 0 aliphatic heterocycles. The predicted octanol–water partition coefficient (Wildman–Crippen LogP) is 3.46. The van der Waals surface area contributed by atoms with E-state index in [4.69, 9.17) is 0 Å². The van der Waals surface area contributed by atoms with E-state index in [1.165, 1.54) is 0 Å². The number of aryl methyl sites for hydroxylation is 1. The SMILES string of the molecule is CCNc1ncc2c(n1)CCCC=C2c1cc(F)c2nccn2c1. The molecule has 1 aliphatic rings. The fourth-order valence-corrected chi connectivity index (χ4v) is 3.11. The number of nitrogens with zero attached hydrogens (tertiary/aromatic N) is 4. The van der Waals surface area contributed by atoms with Crippen LogP contribution in [0.5, 0.6) is 0 Å². The first-order valence-electron chi connectivity index (χ1n) is 8.19. The van der Waals surface area contributed by atoms with E-state index >= 15 is 0 Å². The first kappa shape index (κ1) is 14.8. The smallest absolute Gasteiger partial charge is 0.222 e. The van der Waals surface area contributed by atoms with Gasteiger partial charge in [-0.05, 0) is 37.8 Å². The van der Waals surface area contributed by atoms with Crippen molar-refractivity contribution in [2.75, 3.05) is 11.9 Å². The van der Waals surface area contributed by atoms with E-state index in [1.54, 1.807) is 22.9 Å². The van der Waals surface area contributed by atoms with E-state index in [1.807, 2.05) is 19.3 Å². The standard InChI is InChI=1S/C18H18FN5/c1-2-20-18-22-10-14-13(5-3-4-6-16(14)23-18)12-9-15(19)17-21-7-8-24(17)11-12/h5,7-11H,2-4,6H2,1H3,(H,20,22,23). The van der Waals surface area contributed by atoms with Gasteiger partial charge in [-0.3, -0.25) is 0 Å². The number of nitrogens with one attached hydrogen (secondary N) is 1. The Kier molecular flexibility index (Phi) is 3.72. The van der Waals surface area contributed by atoms with Gasteiger partial charge in [0, 0.05) is 42.5 Å². The van der Waals surface area contributed by atoms with E-state index in [9.17, 15) is 4.39 Å². The van der Waals surface area contributed by atoms with Gasteiger partial charge in [-0.2, -0.15) is 0 Å². The van der Waals surface area contributed by atoms with E-state index in [-0.39, 0.29) is 5.82 Å². The van der Waals surface area contributed by atoms with Crippen molar-refractivity contribution in [1.29, 1.82) is 0 Å². The monoisotopic (exact) mass is 323 g/mol. The number of hydrogen-bond acceptors (Lipinski definition) is 4. The Hall–Kier alpha value is -2.76. The Morgan fingerprint density at radius 1 is 1.33 bits per heavy atom. The third-order valence-electron chi connectivity index (χ3n) is 4.21. The van der Waals surface area contributed by atoms with Crippen molar-refractivity contribution in [3.63, 3.8) is 0 Å². The summed E-state index contributed by atoms with van der Waals surface area (Å²) in [5, 5.41) is 3.15. The highest BCUT2D eigenvalue weighted by Gasteiger charge is 2.17. The van der Waals surface area contributed by atoms with Gasteiger partial charge >= 0.3 is 0 Å². The highest BCUT2D eigenvalue weighted by Crippen LogP contribution is 2.31. The van der Waals surface area contributed by atoms with Gasteiger partial charge < -0.3 is 9.72 Å². The number of fused-ring (bicyclic) bond motifs is 2. The van der Waals surface area contributed by atoms with Gasteiger partial charge in [0.2, 0.25) is 5.95 Å². The molecule has 122 valence electrons. The Bertz CT molecular complexity index is 928. The number of pyridine rings is 1. The van der Waals surface area contributed by atoms with Gasteiger partial charge in [0.15, 0.2) is 11.5 Å². The molecule has 1 aliphatic carbocycles. The second-order valence-corrected chi connectivity index (χ2v) is 5.83. The van der Waals surface area contributed by atoms with Crippen LogP contribution in [-0.2, 0) is 6.42 Å². The maximum Gasteiger partial charge on any atom is 0.222 e. The topological polar surface area (TPSA) is 55.1 Å². The summed E-state index contributed by atoms with van der Waals surface area (Å²) in [6, 6.07) is 1.54. The van der Waals surface area contributed by atoms with Crippen molar-refractivity contribution in [2.24, 2.45) is 0 Å². The number of anilines is 1. The molecule has 0 amide bonds. The summed E-state index contributed by atoms with van der Waals surface area (Å²) < 4.78 is 16.0.